The Bertz CT molecular complexity index is 1450. The van der Waals surface area contributed by atoms with E-state index in [0.717, 1.165) is 16.9 Å². The molecule has 2 heterocycles. The third kappa shape index (κ3) is 4.26. The number of nitrogens with one attached hydrogen (secondary N) is 2. The second kappa shape index (κ2) is 9.23. The van der Waals surface area contributed by atoms with Crippen molar-refractivity contribution in [2.75, 3.05) is 6.61 Å². The van der Waals surface area contributed by atoms with Gasteiger partial charge in [-0.05, 0) is 57.5 Å². The summed E-state index contributed by atoms with van der Waals surface area (Å²) in [4.78, 5) is 7.20. The predicted octanol–water partition coefficient (Wildman–Crippen LogP) is 4.57. The molecule has 0 aliphatic carbocycles. The molecule has 0 bridgehead atoms. The van der Waals surface area contributed by atoms with Crippen molar-refractivity contribution in [2.45, 2.75) is 38.5 Å². The summed E-state index contributed by atoms with van der Waals surface area (Å²) in [6.07, 6.45) is 10.5. The molecule has 180 valence electrons. The fourth-order valence-corrected chi connectivity index (χ4v) is 5.10. The van der Waals surface area contributed by atoms with Crippen molar-refractivity contribution in [2.24, 2.45) is 0 Å². The molecule has 3 aromatic carbocycles. The number of benzene rings is 3. The van der Waals surface area contributed by atoms with E-state index in [0.29, 0.717) is 6.61 Å². The summed E-state index contributed by atoms with van der Waals surface area (Å²) >= 11 is 0. The van der Waals surface area contributed by atoms with Gasteiger partial charge in [-0.2, -0.15) is 0 Å². The first-order chi connectivity index (χ1) is 17.3. The lowest BCUT2D eigenvalue weighted by Gasteiger charge is -2.15. The molecular weight excluding hydrogens is 440 g/mol. The van der Waals surface area contributed by atoms with Gasteiger partial charge in [-0.25, -0.2) is 9.98 Å². The number of hydrogen-bond donors (Lipinski definition) is 2. The molecule has 0 atom stereocenters. The lowest BCUT2D eigenvalue weighted by molar-refractivity contribution is -0.350. The summed E-state index contributed by atoms with van der Waals surface area (Å²) in [5, 5.41) is 0. The number of hydrogen-bond acceptors (Lipinski definition) is 1. The number of ether oxygens (including phenoxy) is 1. The largest absolute Gasteiger partial charge is 0.489 e. The van der Waals surface area contributed by atoms with Crippen LogP contribution in [0, 0.1) is 0 Å². The smallest absolute Gasteiger partial charge is 0.208 e. The minimum Gasteiger partial charge on any atom is -0.489 e. The van der Waals surface area contributed by atoms with Gasteiger partial charge in [-0.3, -0.25) is 0 Å². The number of allylic oxidation sites excluding steroid dienone is 2. The van der Waals surface area contributed by atoms with Gasteiger partial charge in [0.15, 0.2) is 11.4 Å². The fourth-order valence-electron chi connectivity index (χ4n) is 5.10. The molecule has 0 fully saturated rings. The Morgan fingerprint density at radius 2 is 1.28 bits per heavy atom. The van der Waals surface area contributed by atoms with Crippen LogP contribution in [0.3, 0.4) is 0 Å². The first kappa shape index (κ1) is 23.7. The summed E-state index contributed by atoms with van der Waals surface area (Å²) in [5.41, 5.74) is 9.37. The molecule has 3 heteroatoms. The van der Waals surface area contributed by atoms with Gasteiger partial charge in [0, 0.05) is 41.0 Å². The van der Waals surface area contributed by atoms with E-state index in [9.17, 15) is 0 Å². The van der Waals surface area contributed by atoms with Crippen LogP contribution in [0.1, 0.15) is 49.9 Å². The van der Waals surface area contributed by atoms with Crippen LogP contribution in [-0.2, 0) is 10.8 Å². The van der Waals surface area contributed by atoms with Crippen molar-refractivity contribution < 1.29 is 14.7 Å². The number of para-hydroxylation sites is 2. The zero-order chi connectivity index (χ0) is 25.3. The number of rotatable bonds is 7. The molecule has 2 N–H and O–H groups in total. The van der Waals surface area contributed by atoms with Crippen LogP contribution in [-0.4, -0.2) is 18.0 Å². The van der Waals surface area contributed by atoms with E-state index in [-0.39, 0.29) is 10.8 Å². The highest BCUT2D eigenvalue weighted by molar-refractivity contribution is 6.05. The molecular formula is C33H34N2O+2. The monoisotopic (exact) mass is 474 g/mol. The average molecular weight is 475 g/mol. The summed E-state index contributed by atoms with van der Waals surface area (Å²) in [6.45, 7) is 13.3. The lowest BCUT2D eigenvalue weighted by Crippen LogP contribution is -2.65. The Balaban J connectivity index is 1.44. The second-order valence-corrected chi connectivity index (χ2v) is 10.5. The van der Waals surface area contributed by atoms with Crippen molar-refractivity contribution in [3.05, 3.63) is 114 Å². The van der Waals surface area contributed by atoms with Crippen molar-refractivity contribution in [1.29, 1.82) is 0 Å². The summed E-state index contributed by atoms with van der Waals surface area (Å²) < 4.78 is 5.98. The Labute approximate surface area is 214 Å². The van der Waals surface area contributed by atoms with E-state index in [1.807, 2.05) is 6.07 Å². The highest BCUT2D eigenvalue weighted by Gasteiger charge is 2.40. The Morgan fingerprint density at radius 1 is 0.722 bits per heavy atom. The molecule has 0 saturated carbocycles. The first-order valence-corrected chi connectivity index (χ1v) is 12.5. The Kier molecular flexibility index (Phi) is 6.09. The Hall–Kier alpha value is -3.98. The van der Waals surface area contributed by atoms with Crippen LogP contribution >= 0.6 is 0 Å². The van der Waals surface area contributed by atoms with E-state index < -0.39 is 0 Å². The SMILES string of the molecule is C=CCOc1ccc(/C=C/C2=[NH+]c3ccccc3C2(C)C)cc1/C=C/C1=[NH+]c2ccccc2C1(C)C. The van der Waals surface area contributed by atoms with E-state index in [2.05, 4.69) is 129 Å². The molecule has 0 saturated heterocycles. The van der Waals surface area contributed by atoms with Gasteiger partial charge in [-0.15, -0.1) is 0 Å². The minimum absolute atomic E-state index is 0.0613. The van der Waals surface area contributed by atoms with Crippen LogP contribution in [0.2, 0.25) is 0 Å². The summed E-state index contributed by atoms with van der Waals surface area (Å²) in [6, 6.07) is 23.3. The summed E-state index contributed by atoms with van der Waals surface area (Å²) in [7, 11) is 0. The molecule has 3 aromatic rings. The van der Waals surface area contributed by atoms with E-state index in [4.69, 9.17) is 4.74 Å². The van der Waals surface area contributed by atoms with Crippen molar-refractivity contribution >= 4 is 35.0 Å². The first-order valence-electron chi connectivity index (χ1n) is 12.5. The predicted molar refractivity (Wildman–Crippen MR) is 150 cm³/mol. The van der Waals surface area contributed by atoms with Crippen LogP contribution < -0.4 is 14.7 Å². The minimum atomic E-state index is -0.0852. The normalized spacial score (nSPS) is 17.1. The van der Waals surface area contributed by atoms with Crippen LogP contribution in [0.25, 0.3) is 12.2 Å². The maximum absolute atomic E-state index is 5.98. The van der Waals surface area contributed by atoms with Crippen LogP contribution in [0.4, 0.5) is 11.4 Å². The van der Waals surface area contributed by atoms with Gasteiger partial charge in [-0.1, -0.05) is 55.1 Å². The second-order valence-electron chi connectivity index (χ2n) is 10.5. The van der Waals surface area contributed by atoms with Gasteiger partial charge in [0.1, 0.15) is 12.4 Å². The molecule has 2 aliphatic rings. The lowest BCUT2D eigenvalue weighted by atomic mass is 9.81. The highest BCUT2D eigenvalue weighted by atomic mass is 16.5. The maximum Gasteiger partial charge on any atom is 0.208 e. The van der Waals surface area contributed by atoms with Crippen molar-refractivity contribution in [3.8, 4) is 5.75 Å². The van der Waals surface area contributed by atoms with Crippen molar-refractivity contribution in [1.82, 2.24) is 0 Å². The van der Waals surface area contributed by atoms with Gasteiger partial charge in [0.25, 0.3) is 0 Å². The van der Waals surface area contributed by atoms with Crippen LogP contribution in [0.15, 0.2) is 91.5 Å². The molecule has 5 rings (SSSR count). The van der Waals surface area contributed by atoms with Gasteiger partial charge >= 0.3 is 0 Å². The van der Waals surface area contributed by atoms with Gasteiger partial charge in [0.05, 0.1) is 10.8 Å². The average Bonchev–Trinajstić information content (AvgIpc) is 3.29. The van der Waals surface area contributed by atoms with Gasteiger partial charge < -0.3 is 4.74 Å². The van der Waals surface area contributed by atoms with Crippen LogP contribution in [0.5, 0.6) is 5.75 Å². The molecule has 0 spiro atoms. The highest BCUT2D eigenvalue weighted by Crippen LogP contribution is 2.33. The number of fused-ring (bicyclic) bond motifs is 2. The topological polar surface area (TPSA) is 37.2 Å². The molecule has 3 nitrogen and oxygen atoms in total. The standard InChI is InChI=1S/C33H32N2O/c1-6-21-36-29-18-15-23(16-19-30-32(2,3)25-11-7-9-13-27(25)34-30)22-24(29)17-20-31-33(4,5)26-12-8-10-14-28(26)35-31/h6-20,22H,1,21H2,2-5H3/p+2/b19-16+,20-17+. The molecule has 0 radical (unpaired) electrons. The molecule has 36 heavy (non-hydrogen) atoms. The maximum atomic E-state index is 5.98. The molecule has 0 amide bonds. The molecule has 0 unspecified atom stereocenters. The Morgan fingerprint density at radius 3 is 1.83 bits per heavy atom. The quantitative estimate of drug-likeness (QED) is 0.484. The van der Waals surface area contributed by atoms with E-state index in [1.165, 1.54) is 33.9 Å². The molecule has 2 aliphatic heterocycles. The van der Waals surface area contributed by atoms with Gasteiger partial charge in [0.2, 0.25) is 11.4 Å². The fraction of sp³-hybridized carbons (Fsp3) is 0.212. The van der Waals surface area contributed by atoms with E-state index in [1.54, 1.807) is 6.08 Å². The zero-order valence-electron chi connectivity index (χ0n) is 21.6. The third-order valence-electron chi connectivity index (χ3n) is 7.35. The zero-order valence-corrected chi connectivity index (χ0v) is 21.6. The van der Waals surface area contributed by atoms with E-state index >= 15 is 0 Å². The summed E-state index contributed by atoms with van der Waals surface area (Å²) in [5.74, 6) is 0.844. The van der Waals surface area contributed by atoms with Crippen molar-refractivity contribution in [3.63, 3.8) is 0 Å². The molecule has 0 aromatic heterocycles. The third-order valence-corrected chi connectivity index (χ3v) is 7.35.